The summed E-state index contributed by atoms with van der Waals surface area (Å²) in [6.07, 6.45) is 4.79. The Labute approximate surface area is 138 Å². The van der Waals surface area contributed by atoms with Gasteiger partial charge in [-0.25, -0.2) is 4.98 Å². The fraction of sp³-hybridized carbons (Fsp3) is 0.267. The maximum Gasteiger partial charge on any atom is 0.245 e. The molecule has 0 saturated carbocycles. The first kappa shape index (κ1) is 14.5. The van der Waals surface area contributed by atoms with E-state index >= 15 is 0 Å². The molecule has 9 nitrogen and oxygen atoms in total. The van der Waals surface area contributed by atoms with Gasteiger partial charge in [-0.05, 0) is 12.1 Å². The number of phenolic OH excluding ortho intramolecular Hbond substituents is 1. The summed E-state index contributed by atoms with van der Waals surface area (Å²) in [6.45, 7) is 3.54. The summed E-state index contributed by atoms with van der Waals surface area (Å²) in [5.41, 5.74) is 1.75. The lowest BCUT2D eigenvalue weighted by molar-refractivity contribution is 0.476. The Bertz CT molecular complexity index is 812. The molecule has 1 aliphatic heterocycles. The molecular formula is C15H16N8O. The van der Waals surface area contributed by atoms with Crippen LogP contribution in [0.15, 0.2) is 36.8 Å². The highest BCUT2D eigenvalue weighted by molar-refractivity contribution is 5.67. The normalized spacial score (nSPS) is 14.8. The molecule has 0 amide bonds. The Morgan fingerprint density at radius 1 is 1.04 bits per heavy atom. The third kappa shape index (κ3) is 2.76. The van der Waals surface area contributed by atoms with E-state index in [1.165, 1.54) is 4.80 Å². The van der Waals surface area contributed by atoms with Crippen molar-refractivity contribution in [3.05, 3.63) is 36.8 Å². The monoisotopic (exact) mass is 324 g/mol. The van der Waals surface area contributed by atoms with Crippen LogP contribution in [0.25, 0.3) is 16.9 Å². The number of aromatic hydroxyl groups is 1. The largest absolute Gasteiger partial charge is 0.507 e. The highest BCUT2D eigenvalue weighted by atomic mass is 16.3. The summed E-state index contributed by atoms with van der Waals surface area (Å²) < 4.78 is 0. The molecule has 2 N–H and O–H groups in total. The molecule has 1 saturated heterocycles. The Hall–Kier alpha value is -3.07. The van der Waals surface area contributed by atoms with E-state index < -0.39 is 0 Å². The lowest BCUT2D eigenvalue weighted by Gasteiger charge is -2.26. The number of phenols is 1. The standard InChI is InChI=1S/C15H16N8O/c24-14-9-11(23-18-3-4-19-23)1-2-12(14)13-10-17-15(21-20-13)22-7-5-16-6-8-22/h1-4,9-10,16,24H,5-8H2. The van der Waals surface area contributed by atoms with Crippen molar-refractivity contribution in [2.24, 2.45) is 0 Å². The molecule has 0 spiro atoms. The Balaban J connectivity index is 1.59. The second-order valence-corrected chi connectivity index (χ2v) is 5.40. The van der Waals surface area contributed by atoms with Gasteiger partial charge < -0.3 is 15.3 Å². The molecule has 1 fully saturated rings. The third-order valence-corrected chi connectivity index (χ3v) is 3.86. The van der Waals surface area contributed by atoms with Crippen molar-refractivity contribution < 1.29 is 5.11 Å². The van der Waals surface area contributed by atoms with Crippen LogP contribution in [0.1, 0.15) is 0 Å². The van der Waals surface area contributed by atoms with Crippen molar-refractivity contribution in [1.29, 1.82) is 0 Å². The Morgan fingerprint density at radius 3 is 2.50 bits per heavy atom. The lowest BCUT2D eigenvalue weighted by Crippen LogP contribution is -2.44. The van der Waals surface area contributed by atoms with E-state index in [4.69, 9.17) is 0 Å². The first-order chi connectivity index (χ1) is 11.8. The Kier molecular flexibility index (Phi) is 3.75. The number of benzene rings is 1. The smallest absolute Gasteiger partial charge is 0.245 e. The van der Waals surface area contributed by atoms with Crippen LogP contribution in [0.2, 0.25) is 0 Å². The minimum atomic E-state index is 0.0795. The summed E-state index contributed by atoms with van der Waals surface area (Å²) >= 11 is 0. The van der Waals surface area contributed by atoms with Crippen LogP contribution in [-0.4, -0.2) is 61.5 Å². The van der Waals surface area contributed by atoms with Gasteiger partial charge in [-0.3, -0.25) is 0 Å². The summed E-state index contributed by atoms with van der Waals surface area (Å²) in [5, 5.41) is 30.0. The fourth-order valence-electron chi connectivity index (χ4n) is 2.61. The zero-order valence-electron chi connectivity index (χ0n) is 12.9. The van der Waals surface area contributed by atoms with Crippen LogP contribution >= 0.6 is 0 Å². The predicted octanol–water partition coefficient (Wildman–Crippen LogP) is 0.234. The molecule has 0 atom stereocenters. The van der Waals surface area contributed by atoms with Gasteiger partial charge in [-0.2, -0.15) is 15.0 Å². The van der Waals surface area contributed by atoms with Crippen molar-refractivity contribution >= 4 is 5.95 Å². The number of rotatable bonds is 3. The second kappa shape index (κ2) is 6.20. The quantitative estimate of drug-likeness (QED) is 0.706. The van der Waals surface area contributed by atoms with Gasteiger partial charge in [0.25, 0.3) is 0 Å². The minimum Gasteiger partial charge on any atom is -0.507 e. The molecule has 0 unspecified atom stereocenters. The van der Waals surface area contributed by atoms with Crippen molar-refractivity contribution in [2.45, 2.75) is 0 Å². The van der Waals surface area contributed by atoms with Gasteiger partial charge in [0.15, 0.2) is 0 Å². The minimum absolute atomic E-state index is 0.0795. The average molecular weight is 324 g/mol. The molecule has 24 heavy (non-hydrogen) atoms. The highest BCUT2D eigenvalue weighted by Crippen LogP contribution is 2.29. The van der Waals surface area contributed by atoms with Crippen LogP contribution in [0, 0.1) is 0 Å². The number of nitrogens with zero attached hydrogens (tertiary/aromatic N) is 7. The van der Waals surface area contributed by atoms with Crippen molar-refractivity contribution in [1.82, 2.24) is 35.5 Å². The summed E-state index contributed by atoms with van der Waals surface area (Å²) in [4.78, 5) is 7.89. The van der Waals surface area contributed by atoms with Crippen molar-refractivity contribution in [2.75, 3.05) is 31.1 Å². The van der Waals surface area contributed by atoms with Crippen LogP contribution in [0.3, 0.4) is 0 Å². The number of anilines is 1. The van der Waals surface area contributed by atoms with Gasteiger partial charge in [-0.1, -0.05) is 0 Å². The molecule has 122 valence electrons. The number of nitrogens with one attached hydrogen (secondary N) is 1. The van der Waals surface area contributed by atoms with E-state index in [-0.39, 0.29) is 5.75 Å². The molecule has 1 aliphatic rings. The van der Waals surface area contributed by atoms with Gasteiger partial charge >= 0.3 is 0 Å². The Morgan fingerprint density at radius 2 is 1.83 bits per heavy atom. The summed E-state index contributed by atoms with van der Waals surface area (Å²) in [5.74, 6) is 0.688. The van der Waals surface area contributed by atoms with Crippen molar-refractivity contribution in [3.63, 3.8) is 0 Å². The van der Waals surface area contributed by atoms with Crippen LogP contribution in [-0.2, 0) is 0 Å². The predicted molar refractivity (Wildman–Crippen MR) is 86.9 cm³/mol. The lowest BCUT2D eigenvalue weighted by atomic mass is 10.1. The van der Waals surface area contributed by atoms with E-state index in [0.29, 0.717) is 22.9 Å². The molecule has 9 heteroatoms. The number of hydrogen-bond donors (Lipinski definition) is 2. The van der Waals surface area contributed by atoms with E-state index in [2.05, 4.69) is 35.6 Å². The van der Waals surface area contributed by atoms with Crippen LogP contribution in [0.4, 0.5) is 5.95 Å². The molecule has 0 radical (unpaired) electrons. The van der Waals surface area contributed by atoms with Gasteiger partial charge in [0.1, 0.15) is 11.4 Å². The topological polar surface area (TPSA) is 105 Å². The average Bonchev–Trinajstić information content (AvgIpc) is 3.17. The molecule has 4 rings (SSSR count). The summed E-state index contributed by atoms with van der Waals surface area (Å²) in [6, 6.07) is 5.15. The molecule has 3 aromatic rings. The first-order valence-corrected chi connectivity index (χ1v) is 7.67. The zero-order valence-corrected chi connectivity index (χ0v) is 12.9. The summed E-state index contributed by atoms with van der Waals surface area (Å²) in [7, 11) is 0. The van der Waals surface area contributed by atoms with E-state index in [1.807, 2.05) is 0 Å². The molecule has 1 aromatic carbocycles. The highest BCUT2D eigenvalue weighted by Gasteiger charge is 2.15. The zero-order chi connectivity index (χ0) is 16.4. The maximum atomic E-state index is 10.3. The molecule has 2 aromatic heterocycles. The molecule has 0 aliphatic carbocycles. The van der Waals surface area contributed by atoms with E-state index in [9.17, 15) is 5.11 Å². The van der Waals surface area contributed by atoms with Gasteiger partial charge in [0.2, 0.25) is 5.95 Å². The SMILES string of the molecule is Oc1cc(-n2nccn2)ccc1-c1cnc(N2CCNCC2)nn1. The maximum absolute atomic E-state index is 10.3. The first-order valence-electron chi connectivity index (χ1n) is 7.67. The fourth-order valence-corrected chi connectivity index (χ4v) is 2.61. The van der Waals surface area contributed by atoms with Gasteiger partial charge in [0, 0.05) is 37.8 Å². The van der Waals surface area contributed by atoms with Crippen LogP contribution < -0.4 is 10.2 Å². The van der Waals surface area contributed by atoms with Crippen molar-refractivity contribution in [3.8, 4) is 22.7 Å². The molecule has 3 heterocycles. The second-order valence-electron chi connectivity index (χ2n) is 5.40. The number of hydrogen-bond acceptors (Lipinski definition) is 8. The van der Waals surface area contributed by atoms with Gasteiger partial charge in [0.05, 0.1) is 24.3 Å². The van der Waals surface area contributed by atoms with Gasteiger partial charge in [-0.15, -0.1) is 10.2 Å². The molecular weight excluding hydrogens is 308 g/mol. The van der Waals surface area contributed by atoms with E-state index in [0.717, 1.165) is 26.2 Å². The number of aromatic nitrogens is 6. The van der Waals surface area contributed by atoms with E-state index in [1.54, 1.807) is 36.8 Å². The number of piperazine rings is 1. The van der Waals surface area contributed by atoms with Crippen LogP contribution in [0.5, 0.6) is 5.75 Å². The molecule has 0 bridgehead atoms. The third-order valence-electron chi connectivity index (χ3n) is 3.86.